The normalized spacial score (nSPS) is 10.1. The molecule has 0 aliphatic rings. The molecule has 1 rings (SSSR count). The van der Waals surface area contributed by atoms with Crippen molar-refractivity contribution in [3.8, 4) is 0 Å². The van der Waals surface area contributed by atoms with Gasteiger partial charge in [0.25, 0.3) is 0 Å². The van der Waals surface area contributed by atoms with Gasteiger partial charge in [-0.25, -0.2) is 4.39 Å². The first-order valence-electron chi connectivity index (χ1n) is 3.93. The zero-order chi connectivity index (χ0) is 8.27. The van der Waals surface area contributed by atoms with Crippen molar-refractivity contribution < 1.29 is 4.39 Å². The summed E-state index contributed by atoms with van der Waals surface area (Å²) >= 11 is 0. The average Bonchev–Trinajstić information content (AvgIpc) is 2.05. The van der Waals surface area contributed by atoms with Gasteiger partial charge in [-0.2, -0.15) is 0 Å². The van der Waals surface area contributed by atoms with E-state index in [-0.39, 0.29) is 6.67 Å². The summed E-state index contributed by atoms with van der Waals surface area (Å²) in [5.41, 5.74) is 3.18. The molecule has 1 aromatic carbocycles. The Bertz CT molecular complexity index is 218. The predicted molar refractivity (Wildman–Crippen MR) is 45.4 cm³/mol. The Kier molecular flexibility index (Phi) is 2.64. The molecule has 0 heterocycles. The van der Waals surface area contributed by atoms with Gasteiger partial charge in [0, 0.05) is 0 Å². The minimum Gasteiger partial charge on any atom is -0.246 e. The third kappa shape index (κ3) is 1.59. The molecule has 0 bridgehead atoms. The van der Waals surface area contributed by atoms with Gasteiger partial charge >= 0.3 is 0 Å². The van der Waals surface area contributed by atoms with Crippen molar-refractivity contribution >= 4 is 0 Å². The maximum atomic E-state index is 12.3. The van der Waals surface area contributed by atoms with Crippen molar-refractivity contribution in [1.82, 2.24) is 0 Å². The zero-order valence-electron chi connectivity index (χ0n) is 7.02. The molecule has 0 atom stereocenters. The lowest BCUT2D eigenvalue weighted by Crippen LogP contribution is -1.91. The Hall–Kier alpha value is -0.850. The van der Waals surface area contributed by atoms with Gasteiger partial charge in [-0.05, 0) is 30.0 Å². The molecule has 0 N–H and O–H groups in total. The van der Waals surface area contributed by atoms with E-state index >= 15 is 0 Å². The summed E-state index contributed by atoms with van der Waals surface area (Å²) in [5.74, 6) is 0. The summed E-state index contributed by atoms with van der Waals surface area (Å²) in [7, 11) is 0. The van der Waals surface area contributed by atoms with E-state index in [1.807, 2.05) is 19.1 Å². The highest BCUT2D eigenvalue weighted by Gasteiger charge is 2.00. The van der Waals surface area contributed by atoms with E-state index in [2.05, 4.69) is 13.0 Å². The molecule has 0 fully saturated rings. The van der Waals surface area contributed by atoms with Gasteiger partial charge < -0.3 is 0 Å². The number of alkyl halides is 1. The van der Waals surface area contributed by atoms with Crippen molar-refractivity contribution in [3.63, 3.8) is 0 Å². The quantitative estimate of drug-likeness (QED) is 0.611. The Labute approximate surface area is 67.1 Å². The number of hydrogen-bond acceptors (Lipinski definition) is 0. The van der Waals surface area contributed by atoms with Crippen molar-refractivity contribution in [2.24, 2.45) is 0 Å². The first kappa shape index (κ1) is 8.25. The molecule has 0 aromatic heterocycles. The van der Waals surface area contributed by atoms with Crippen LogP contribution in [0.1, 0.15) is 23.6 Å². The largest absolute Gasteiger partial charge is 0.246 e. The van der Waals surface area contributed by atoms with Crippen molar-refractivity contribution in [3.05, 3.63) is 34.9 Å². The molecule has 0 aliphatic heterocycles. The molecule has 1 aromatic rings. The van der Waals surface area contributed by atoms with Crippen LogP contribution in [0, 0.1) is 6.92 Å². The molecule has 0 saturated carbocycles. The summed E-state index contributed by atoms with van der Waals surface area (Å²) < 4.78 is 12.3. The molecule has 1 heteroatoms. The van der Waals surface area contributed by atoms with Gasteiger partial charge in [0.15, 0.2) is 0 Å². The number of hydrogen-bond donors (Lipinski definition) is 0. The maximum Gasteiger partial charge on any atom is 0.115 e. The van der Waals surface area contributed by atoms with E-state index in [1.165, 1.54) is 5.56 Å². The Balaban J connectivity index is 3.10. The van der Waals surface area contributed by atoms with Crippen LogP contribution in [0.5, 0.6) is 0 Å². The molecule has 11 heavy (non-hydrogen) atoms. The van der Waals surface area contributed by atoms with Crippen LogP contribution >= 0.6 is 0 Å². The van der Waals surface area contributed by atoms with Crippen molar-refractivity contribution in [2.45, 2.75) is 26.9 Å². The third-order valence-corrected chi connectivity index (χ3v) is 2.08. The second kappa shape index (κ2) is 3.51. The predicted octanol–water partition coefficient (Wildman–Crippen LogP) is 3.03. The molecular formula is C10H13F. The molecule has 0 saturated heterocycles. The smallest absolute Gasteiger partial charge is 0.115 e. The van der Waals surface area contributed by atoms with Crippen molar-refractivity contribution in [1.29, 1.82) is 0 Å². The number of aryl methyl sites for hydroxylation is 1. The van der Waals surface area contributed by atoms with E-state index in [9.17, 15) is 4.39 Å². The average molecular weight is 152 g/mol. The first-order chi connectivity index (χ1) is 5.29. The van der Waals surface area contributed by atoms with Gasteiger partial charge in [-0.1, -0.05) is 25.1 Å². The summed E-state index contributed by atoms with van der Waals surface area (Å²) in [6, 6.07) is 5.81. The van der Waals surface area contributed by atoms with Gasteiger partial charge in [-0.15, -0.1) is 0 Å². The molecule has 0 amide bonds. The van der Waals surface area contributed by atoms with E-state index in [0.717, 1.165) is 17.5 Å². The standard InChI is InChI=1S/C10H13F/c1-3-9-5-4-6-10(7-11)8(9)2/h4-6H,3,7H2,1-2H3. The molecule has 0 unspecified atom stereocenters. The molecule has 60 valence electrons. The summed E-state index contributed by atoms with van der Waals surface area (Å²) in [4.78, 5) is 0. The number of rotatable bonds is 2. The van der Waals surface area contributed by atoms with Crippen LogP contribution in [-0.2, 0) is 13.1 Å². The second-order valence-corrected chi connectivity index (χ2v) is 2.69. The van der Waals surface area contributed by atoms with Gasteiger partial charge in [0.1, 0.15) is 6.67 Å². The molecule has 0 spiro atoms. The highest BCUT2D eigenvalue weighted by molar-refractivity contribution is 5.33. The summed E-state index contributed by atoms with van der Waals surface area (Å²) in [6.45, 7) is 3.72. The van der Waals surface area contributed by atoms with Gasteiger partial charge in [0.2, 0.25) is 0 Å². The number of halogens is 1. The van der Waals surface area contributed by atoms with Gasteiger partial charge in [-0.3, -0.25) is 0 Å². The lowest BCUT2D eigenvalue weighted by Gasteiger charge is -2.05. The highest BCUT2D eigenvalue weighted by atomic mass is 19.1. The Morgan fingerprint density at radius 3 is 2.45 bits per heavy atom. The van der Waals surface area contributed by atoms with E-state index < -0.39 is 0 Å². The van der Waals surface area contributed by atoms with Crippen LogP contribution < -0.4 is 0 Å². The minimum absolute atomic E-state index is 0.348. The van der Waals surface area contributed by atoms with E-state index in [0.29, 0.717) is 0 Å². The third-order valence-electron chi connectivity index (χ3n) is 2.08. The molecule has 0 nitrogen and oxygen atoms in total. The lowest BCUT2D eigenvalue weighted by molar-refractivity contribution is 0.483. The molecule has 0 radical (unpaired) electrons. The fraction of sp³-hybridized carbons (Fsp3) is 0.400. The van der Waals surface area contributed by atoms with Gasteiger partial charge in [0.05, 0.1) is 0 Å². The minimum atomic E-state index is -0.348. The Morgan fingerprint density at radius 2 is 1.91 bits per heavy atom. The second-order valence-electron chi connectivity index (χ2n) is 2.69. The van der Waals surface area contributed by atoms with Crippen molar-refractivity contribution in [2.75, 3.05) is 0 Å². The van der Waals surface area contributed by atoms with Crippen LogP contribution in [0.3, 0.4) is 0 Å². The molecule has 0 aliphatic carbocycles. The fourth-order valence-corrected chi connectivity index (χ4v) is 1.26. The fourth-order valence-electron chi connectivity index (χ4n) is 1.26. The number of benzene rings is 1. The van der Waals surface area contributed by atoms with Crippen LogP contribution in [0.15, 0.2) is 18.2 Å². The monoisotopic (exact) mass is 152 g/mol. The summed E-state index contributed by atoms with van der Waals surface area (Å²) in [6.07, 6.45) is 0.986. The Morgan fingerprint density at radius 1 is 1.27 bits per heavy atom. The van der Waals surface area contributed by atoms with Crippen LogP contribution in [0.2, 0.25) is 0 Å². The molecular weight excluding hydrogens is 139 g/mol. The topological polar surface area (TPSA) is 0 Å². The van der Waals surface area contributed by atoms with Crippen LogP contribution in [0.25, 0.3) is 0 Å². The highest BCUT2D eigenvalue weighted by Crippen LogP contribution is 2.14. The SMILES string of the molecule is CCc1cccc(CF)c1C. The maximum absolute atomic E-state index is 12.3. The zero-order valence-corrected chi connectivity index (χ0v) is 7.02. The van der Waals surface area contributed by atoms with E-state index in [1.54, 1.807) is 0 Å². The van der Waals surface area contributed by atoms with Crippen LogP contribution in [-0.4, -0.2) is 0 Å². The lowest BCUT2D eigenvalue weighted by atomic mass is 10.0. The van der Waals surface area contributed by atoms with E-state index in [4.69, 9.17) is 0 Å². The summed E-state index contributed by atoms with van der Waals surface area (Å²) in [5, 5.41) is 0. The van der Waals surface area contributed by atoms with Crippen LogP contribution in [0.4, 0.5) is 4.39 Å². The first-order valence-corrected chi connectivity index (χ1v) is 3.93.